The van der Waals surface area contributed by atoms with Crippen molar-refractivity contribution in [3.8, 4) is 17.4 Å². The second-order valence-corrected chi connectivity index (χ2v) is 5.30. The summed E-state index contributed by atoms with van der Waals surface area (Å²) in [5, 5.41) is 12.9. The molecule has 1 N–H and O–H groups in total. The zero-order valence-corrected chi connectivity index (χ0v) is 13.6. The van der Waals surface area contributed by atoms with Crippen LogP contribution in [-0.4, -0.2) is 32.2 Å². The molecule has 2 aromatic carbocycles. The molecule has 1 heterocycles. The number of alkyl halides is 3. The van der Waals surface area contributed by atoms with Crippen molar-refractivity contribution < 1.29 is 32.5 Å². The zero-order chi connectivity index (χ0) is 19.4. The van der Waals surface area contributed by atoms with Crippen LogP contribution in [0.1, 0.15) is 15.9 Å². The van der Waals surface area contributed by atoms with Gasteiger partial charge in [0.1, 0.15) is 18.7 Å². The number of rotatable bonds is 6. The van der Waals surface area contributed by atoms with Crippen molar-refractivity contribution in [2.45, 2.75) is 13.0 Å². The molecule has 0 spiro atoms. The van der Waals surface area contributed by atoms with Crippen LogP contribution < -0.4 is 9.47 Å². The quantitative estimate of drug-likeness (QED) is 0.706. The Balaban J connectivity index is 1.62. The summed E-state index contributed by atoms with van der Waals surface area (Å²) in [6.45, 7) is 0.127. The predicted molar refractivity (Wildman–Crippen MR) is 85.8 cm³/mol. The molecule has 0 aliphatic carbocycles. The number of aromatic nitrogens is 3. The van der Waals surface area contributed by atoms with Crippen molar-refractivity contribution in [2.24, 2.45) is 0 Å². The largest absolute Gasteiger partial charge is 0.573 e. The molecule has 0 aliphatic rings. The molecule has 10 heteroatoms. The van der Waals surface area contributed by atoms with Gasteiger partial charge in [0, 0.05) is 0 Å². The standard InChI is InChI=1S/C17H12F3N3O4/c18-17(19,20)27-14-7-5-13(6-8-14)23-10-21-16(22-23)26-9-11-1-3-12(4-2-11)15(24)25/h1-8,10H,9H2,(H,24,25). The number of halogens is 3. The highest BCUT2D eigenvalue weighted by molar-refractivity contribution is 5.87. The second-order valence-electron chi connectivity index (χ2n) is 5.30. The van der Waals surface area contributed by atoms with Crippen LogP contribution in [0.15, 0.2) is 54.9 Å². The van der Waals surface area contributed by atoms with Crippen molar-refractivity contribution >= 4 is 5.97 Å². The molecule has 27 heavy (non-hydrogen) atoms. The molecule has 3 aromatic rings. The summed E-state index contributed by atoms with van der Waals surface area (Å²) in [7, 11) is 0. The first kappa shape index (κ1) is 18.2. The third kappa shape index (κ3) is 4.97. The minimum Gasteiger partial charge on any atom is -0.478 e. The summed E-state index contributed by atoms with van der Waals surface area (Å²) in [5.74, 6) is -1.36. The number of hydrogen-bond donors (Lipinski definition) is 1. The molecule has 0 unspecified atom stereocenters. The van der Waals surface area contributed by atoms with Gasteiger partial charge >= 0.3 is 18.3 Å². The molecule has 7 nitrogen and oxygen atoms in total. The van der Waals surface area contributed by atoms with Crippen LogP contribution in [0.3, 0.4) is 0 Å². The highest BCUT2D eigenvalue weighted by atomic mass is 19.4. The van der Waals surface area contributed by atoms with E-state index in [1.807, 2.05) is 0 Å². The summed E-state index contributed by atoms with van der Waals surface area (Å²) in [4.78, 5) is 14.8. The van der Waals surface area contributed by atoms with Crippen LogP contribution in [-0.2, 0) is 6.61 Å². The molecule has 0 bridgehead atoms. The minimum atomic E-state index is -4.75. The highest BCUT2D eigenvalue weighted by Gasteiger charge is 2.30. The monoisotopic (exact) mass is 379 g/mol. The third-order valence-electron chi connectivity index (χ3n) is 3.37. The van der Waals surface area contributed by atoms with Crippen molar-refractivity contribution in [1.82, 2.24) is 14.8 Å². The molecule has 0 fully saturated rings. The first-order chi connectivity index (χ1) is 12.8. The summed E-state index contributed by atoms with van der Waals surface area (Å²) < 4.78 is 47.0. The number of carboxylic acids is 1. The van der Waals surface area contributed by atoms with Crippen LogP contribution in [0.5, 0.6) is 11.8 Å². The fourth-order valence-corrected chi connectivity index (χ4v) is 2.13. The van der Waals surface area contributed by atoms with E-state index in [1.165, 1.54) is 35.3 Å². The van der Waals surface area contributed by atoms with Crippen molar-refractivity contribution in [2.75, 3.05) is 0 Å². The lowest BCUT2D eigenvalue weighted by molar-refractivity contribution is -0.274. The maximum Gasteiger partial charge on any atom is 0.573 e. The minimum absolute atomic E-state index is 0.0629. The van der Waals surface area contributed by atoms with Gasteiger partial charge in [0.2, 0.25) is 0 Å². The average molecular weight is 379 g/mol. The van der Waals surface area contributed by atoms with E-state index in [1.54, 1.807) is 12.1 Å². The van der Waals surface area contributed by atoms with E-state index in [4.69, 9.17) is 9.84 Å². The van der Waals surface area contributed by atoms with E-state index in [-0.39, 0.29) is 23.9 Å². The number of ether oxygens (including phenoxy) is 2. The molecule has 0 aliphatic heterocycles. The number of carboxylic acid groups (broad SMARTS) is 1. The Morgan fingerprint density at radius 3 is 2.33 bits per heavy atom. The van der Waals surface area contributed by atoms with Crippen LogP contribution in [0.25, 0.3) is 5.69 Å². The van der Waals surface area contributed by atoms with E-state index < -0.39 is 12.3 Å². The smallest absolute Gasteiger partial charge is 0.478 e. The summed E-state index contributed by atoms with van der Waals surface area (Å²) in [6.07, 6.45) is -3.40. The number of nitrogens with zero attached hydrogens (tertiary/aromatic N) is 3. The highest BCUT2D eigenvalue weighted by Crippen LogP contribution is 2.23. The number of hydrogen-bond acceptors (Lipinski definition) is 5. The Morgan fingerprint density at radius 2 is 1.74 bits per heavy atom. The summed E-state index contributed by atoms with van der Waals surface area (Å²) in [6, 6.07) is 11.3. The lowest BCUT2D eigenvalue weighted by atomic mass is 10.1. The van der Waals surface area contributed by atoms with Crippen molar-refractivity contribution in [3.63, 3.8) is 0 Å². The molecular weight excluding hydrogens is 367 g/mol. The Kier molecular flexibility index (Phi) is 4.97. The number of aromatic carboxylic acids is 1. The maximum atomic E-state index is 12.2. The van der Waals surface area contributed by atoms with Crippen LogP contribution >= 0.6 is 0 Å². The summed E-state index contributed by atoms with van der Waals surface area (Å²) >= 11 is 0. The van der Waals surface area contributed by atoms with Gasteiger partial charge in [-0.3, -0.25) is 0 Å². The molecule has 1 aromatic heterocycles. The average Bonchev–Trinajstić information content (AvgIpc) is 3.08. The van der Waals surface area contributed by atoms with Crippen molar-refractivity contribution in [3.05, 3.63) is 66.0 Å². The molecule has 3 rings (SSSR count). The zero-order valence-electron chi connectivity index (χ0n) is 13.6. The van der Waals surface area contributed by atoms with Gasteiger partial charge in [-0.05, 0) is 42.0 Å². The SMILES string of the molecule is O=C(O)c1ccc(COc2ncn(-c3ccc(OC(F)(F)F)cc3)n2)cc1. The van der Waals surface area contributed by atoms with Crippen molar-refractivity contribution in [1.29, 1.82) is 0 Å². The van der Waals surface area contributed by atoms with E-state index >= 15 is 0 Å². The molecular formula is C17H12F3N3O4. The molecule has 140 valence electrons. The van der Waals surface area contributed by atoms with Gasteiger partial charge in [0.05, 0.1) is 11.3 Å². The first-order valence-electron chi connectivity index (χ1n) is 7.53. The first-order valence-corrected chi connectivity index (χ1v) is 7.53. The molecule has 0 radical (unpaired) electrons. The predicted octanol–water partition coefficient (Wildman–Crippen LogP) is 3.44. The van der Waals surface area contributed by atoms with Crippen LogP contribution in [0, 0.1) is 0 Å². The number of carbonyl (C=O) groups is 1. The lowest BCUT2D eigenvalue weighted by Gasteiger charge is -2.09. The van der Waals surface area contributed by atoms with Crippen LogP contribution in [0.2, 0.25) is 0 Å². The topological polar surface area (TPSA) is 86.5 Å². The van der Waals surface area contributed by atoms with E-state index in [2.05, 4.69) is 14.8 Å². The third-order valence-corrected chi connectivity index (χ3v) is 3.37. The Hall–Kier alpha value is -3.56. The fraction of sp³-hybridized carbons (Fsp3) is 0.118. The van der Waals surface area contributed by atoms with Gasteiger partial charge in [0.15, 0.2) is 0 Å². The Morgan fingerprint density at radius 1 is 1.07 bits per heavy atom. The van der Waals surface area contributed by atoms with Gasteiger partial charge in [-0.25, -0.2) is 9.48 Å². The Bertz CT molecular complexity index is 922. The van der Waals surface area contributed by atoms with E-state index in [0.29, 0.717) is 5.69 Å². The van der Waals surface area contributed by atoms with Gasteiger partial charge in [-0.1, -0.05) is 12.1 Å². The second kappa shape index (κ2) is 7.36. The maximum absolute atomic E-state index is 12.2. The van der Waals surface area contributed by atoms with Gasteiger partial charge < -0.3 is 14.6 Å². The van der Waals surface area contributed by atoms with Gasteiger partial charge in [-0.2, -0.15) is 4.98 Å². The molecule has 0 atom stereocenters. The fourth-order valence-electron chi connectivity index (χ4n) is 2.13. The molecule has 0 amide bonds. The normalized spacial score (nSPS) is 11.2. The van der Waals surface area contributed by atoms with E-state index in [0.717, 1.165) is 17.7 Å². The van der Waals surface area contributed by atoms with Crippen LogP contribution in [0.4, 0.5) is 13.2 Å². The van der Waals surface area contributed by atoms with Gasteiger partial charge in [0.25, 0.3) is 0 Å². The number of benzene rings is 2. The lowest BCUT2D eigenvalue weighted by Crippen LogP contribution is -2.17. The summed E-state index contributed by atoms with van der Waals surface area (Å²) in [5.41, 5.74) is 1.36. The van der Waals surface area contributed by atoms with E-state index in [9.17, 15) is 18.0 Å². The van der Waals surface area contributed by atoms with Gasteiger partial charge in [-0.15, -0.1) is 18.3 Å². The molecule has 0 saturated heterocycles. The Labute approximate surface area is 150 Å². The molecule has 0 saturated carbocycles.